The molecule has 18 heavy (non-hydrogen) atoms. The highest BCUT2D eigenvalue weighted by atomic mass is 16.3. The second-order valence-electron chi connectivity index (χ2n) is 5.81. The SMILES string of the molecule is CCCCC(C)C(=O)N1CCCCC1CC(C)O. The predicted octanol–water partition coefficient (Wildman–Crippen LogP) is 2.96. The zero-order chi connectivity index (χ0) is 13.5. The van der Waals surface area contributed by atoms with Crippen molar-refractivity contribution in [2.24, 2.45) is 5.92 Å². The molecule has 0 radical (unpaired) electrons. The molecule has 106 valence electrons. The predicted molar refractivity (Wildman–Crippen MR) is 74.3 cm³/mol. The number of likely N-dealkylation sites (tertiary alicyclic amines) is 1. The molecule has 0 spiro atoms. The van der Waals surface area contributed by atoms with Crippen molar-refractivity contribution in [1.82, 2.24) is 4.90 Å². The highest BCUT2D eigenvalue weighted by Gasteiger charge is 2.29. The lowest BCUT2D eigenvalue weighted by molar-refractivity contribution is -0.139. The zero-order valence-electron chi connectivity index (χ0n) is 12.2. The average molecular weight is 255 g/mol. The van der Waals surface area contributed by atoms with Crippen molar-refractivity contribution in [3.63, 3.8) is 0 Å². The first-order valence-electron chi connectivity index (χ1n) is 7.54. The number of amides is 1. The summed E-state index contributed by atoms with van der Waals surface area (Å²) in [5.41, 5.74) is 0. The topological polar surface area (TPSA) is 40.5 Å². The van der Waals surface area contributed by atoms with Crippen LogP contribution in [0.25, 0.3) is 0 Å². The number of rotatable bonds is 6. The van der Waals surface area contributed by atoms with E-state index in [0.29, 0.717) is 5.91 Å². The van der Waals surface area contributed by atoms with Crippen molar-refractivity contribution in [3.05, 3.63) is 0 Å². The Bertz CT molecular complexity index is 253. The maximum absolute atomic E-state index is 12.4. The molecule has 0 aromatic rings. The molecular weight excluding hydrogens is 226 g/mol. The molecule has 3 unspecified atom stereocenters. The van der Waals surface area contributed by atoms with Crippen LogP contribution < -0.4 is 0 Å². The van der Waals surface area contributed by atoms with Gasteiger partial charge in [0, 0.05) is 18.5 Å². The Balaban J connectivity index is 2.56. The van der Waals surface area contributed by atoms with Gasteiger partial charge in [-0.3, -0.25) is 4.79 Å². The molecule has 1 amide bonds. The lowest BCUT2D eigenvalue weighted by Crippen LogP contribution is -2.47. The van der Waals surface area contributed by atoms with Gasteiger partial charge in [0.15, 0.2) is 0 Å². The molecule has 1 rings (SSSR count). The highest BCUT2D eigenvalue weighted by Crippen LogP contribution is 2.24. The van der Waals surface area contributed by atoms with Gasteiger partial charge in [0.05, 0.1) is 6.10 Å². The number of nitrogens with zero attached hydrogens (tertiary/aromatic N) is 1. The van der Waals surface area contributed by atoms with E-state index in [4.69, 9.17) is 0 Å². The van der Waals surface area contributed by atoms with Crippen molar-refractivity contribution in [3.8, 4) is 0 Å². The van der Waals surface area contributed by atoms with Crippen LogP contribution in [0.3, 0.4) is 0 Å². The Morgan fingerprint density at radius 3 is 2.72 bits per heavy atom. The van der Waals surface area contributed by atoms with Gasteiger partial charge in [0.25, 0.3) is 0 Å². The molecule has 3 nitrogen and oxygen atoms in total. The smallest absolute Gasteiger partial charge is 0.225 e. The third-order valence-electron chi connectivity index (χ3n) is 3.94. The van der Waals surface area contributed by atoms with Gasteiger partial charge < -0.3 is 10.0 Å². The monoisotopic (exact) mass is 255 g/mol. The summed E-state index contributed by atoms with van der Waals surface area (Å²) in [5.74, 6) is 0.438. The van der Waals surface area contributed by atoms with Gasteiger partial charge in [0.1, 0.15) is 0 Å². The summed E-state index contributed by atoms with van der Waals surface area (Å²) >= 11 is 0. The number of carbonyl (C=O) groups is 1. The van der Waals surface area contributed by atoms with E-state index in [0.717, 1.165) is 45.1 Å². The summed E-state index contributed by atoms with van der Waals surface area (Å²) in [4.78, 5) is 14.5. The van der Waals surface area contributed by atoms with Crippen LogP contribution in [0.2, 0.25) is 0 Å². The molecule has 1 heterocycles. The number of hydrogen-bond donors (Lipinski definition) is 1. The largest absolute Gasteiger partial charge is 0.393 e. The van der Waals surface area contributed by atoms with E-state index in [1.807, 2.05) is 18.7 Å². The second kappa shape index (κ2) is 7.78. The summed E-state index contributed by atoms with van der Waals surface area (Å²) in [6, 6.07) is 0.260. The fourth-order valence-electron chi connectivity index (χ4n) is 2.85. The second-order valence-corrected chi connectivity index (χ2v) is 5.81. The summed E-state index contributed by atoms with van der Waals surface area (Å²) in [5, 5.41) is 9.55. The standard InChI is InChI=1S/C15H29NO2/c1-4-5-8-12(2)15(18)16-10-7-6-9-14(16)11-13(3)17/h12-14,17H,4-11H2,1-3H3. The molecule has 1 saturated heterocycles. The van der Waals surface area contributed by atoms with Gasteiger partial charge in [0.2, 0.25) is 5.91 Å². The molecule has 1 N–H and O–H groups in total. The lowest BCUT2D eigenvalue weighted by atomic mass is 9.94. The van der Waals surface area contributed by atoms with E-state index >= 15 is 0 Å². The van der Waals surface area contributed by atoms with Gasteiger partial charge in [-0.1, -0.05) is 26.7 Å². The maximum Gasteiger partial charge on any atom is 0.225 e. The van der Waals surface area contributed by atoms with E-state index in [1.165, 1.54) is 6.42 Å². The lowest BCUT2D eigenvalue weighted by Gasteiger charge is -2.38. The molecule has 0 aromatic heterocycles. The van der Waals surface area contributed by atoms with Crippen LogP contribution >= 0.6 is 0 Å². The number of unbranched alkanes of at least 4 members (excludes halogenated alkanes) is 1. The minimum atomic E-state index is -0.311. The highest BCUT2D eigenvalue weighted by molar-refractivity contribution is 5.78. The molecule has 3 heteroatoms. The van der Waals surface area contributed by atoms with E-state index in [-0.39, 0.29) is 18.1 Å². The maximum atomic E-state index is 12.4. The fraction of sp³-hybridized carbons (Fsp3) is 0.933. The molecule has 0 aliphatic carbocycles. The van der Waals surface area contributed by atoms with Crippen molar-refractivity contribution in [2.75, 3.05) is 6.54 Å². The molecule has 0 saturated carbocycles. The third-order valence-corrected chi connectivity index (χ3v) is 3.94. The van der Waals surface area contributed by atoms with Gasteiger partial charge in [-0.05, 0) is 39.0 Å². The number of piperidine rings is 1. The Hall–Kier alpha value is -0.570. The first-order chi connectivity index (χ1) is 8.56. The molecule has 1 aliphatic heterocycles. The van der Waals surface area contributed by atoms with Crippen LogP contribution in [-0.2, 0) is 4.79 Å². The first kappa shape index (κ1) is 15.5. The van der Waals surface area contributed by atoms with E-state index in [1.54, 1.807) is 0 Å². The van der Waals surface area contributed by atoms with Crippen molar-refractivity contribution in [1.29, 1.82) is 0 Å². The van der Waals surface area contributed by atoms with Gasteiger partial charge in [-0.15, -0.1) is 0 Å². The summed E-state index contributed by atoms with van der Waals surface area (Å²) in [6.07, 6.45) is 7.04. The molecule has 0 aromatic carbocycles. The summed E-state index contributed by atoms with van der Waals surface area (Å²) < 4.78 is 0. The van der Waals surface area contributed by atoms with Crippen LogP contribution in [0.15, 0.2) is 0 Å². The van der Waals surface area contributed by atoms with Gasteiger partial charge in [-0.2, -0.15) is 0 Å². The summed E-state index contributed by atoms with van der Waals surface area (Å²) in [6.45, 7) is 6.91. The number of aliphatic hydroxyl groups is 1. The van der Waals surface area contributed by atoms with Crippen LogP contribution in [0.5, 0.6) is 0 Å². The number of carbonyl (C=O) groups excluding carboxylic acids is 1. The van der Waals surface area contributed by atoms with Crippen LogP contribution in [0, 0.1) is 5.92 Å². The van der Waals surface area contributed by atoms with Crippen LogP contribution in [-0.4, -0.2) is 34.6 Å². The minimum absolute atomic E-state index is 0.138. The minimum Gasteiger partial charge on any atom is -0.393 e. The molecule has 0 bridgehead atoms. The molecular formula is C15H29NO2. The van der Waals surface area contributed by atoms with Crippen molar-refractivity contribution in [2.45, 2.75) is 77.9 Å². The van der Waals surface area contributed by atoms with Crippen molar-refractivity contribution >= 4 is 5.91 Å². The number of aliphatic hydroxyl groups excluding tert-OH is 1. The Kier molecular flexibility index (Phi) is 6.69. The number of hydrogen-bond acceptors (Lipinski definition) is 2. The van der Waals surface area contributed by atoms with Crippen LogP contribution in [0.1, 0.15) is 65.7 Å². The van der Waals surface area contributed by atoms with E-state index in [9.17, 15) is 9.90 Å². The molecule has 1 aliphatic rings. The molecule has 3 atom stereocenters. The zero-order valence-corrected chi connectivity index (χ0v) is 12.2. The van der Waals surface area contributed by atoms with E-state index < -0.39 is 0 Å². The van der Waals surface area contributed by atoms with Crippen LogP contribution in [0.4, 0.5) is 0 Å². The average Bonchev–Trinajstić information content (AvgIpc) is 2.35. The van der Waals surface area contributed by atoms with Crippen molar-refractivity contribution < 1.29 is 9.90 Å². The molecule has 1 fully saturated rings. The first-order valence-corrected chi connectivity index (χ1v) is 7.54. The van der Waals surface area contributed by atoms with Gasteiger partial charge in [-0.25, -0.2) is 0 Å². The Labute approximate surface area is 112 Å². The quantitative estimate of drug-likeness (QED) is 0.792. The Morgan fingerprint density at radius 1 is 1.39 bits per heavy atom. The van der Waals surface area contributed by atoms with Gasteiger partial charge >= 0.3 is 0 Å². The third kappa shape index (κ3) is 4.60. The summed E-state index contributed by atoms with van der Waals surface area (Å²) in [7, 11) is 0. The fourth-order valence-corrected chi connectivity index (χ4v) is 2.85. The normalized spacial score (nSPS) is 23.8. The van der Waals surface area contributed by atoms with E-state index in [2.05, 4.69) is 6.92 Å². The Morgan fingerprint density at radius 2 is 2.11 bits per heavy atom.